The number of carbonyl (C=O) groups is 1. The van der Waals surface area contributed by atoms with Crippen LogP contribution in [0, 0.1) is 0 Å². The molecule has 0 aromatic rings. The van der Waals surface area contributed by atoms with E-state index in [1.165, 1.54) is 44.9 Å². The smallest absolute Gasteiger partial charge is 0.326 e. The number of hydrogen-bond donors (Lipinski definition) is 1. The molecule has 4 heteroatoms. The summed E-state index contributed by atoms with van der Waals surface area (Å²) >= 11 is 0. The highest BCUT2D eigenvalue weighted by molar-refractivity contribution is 5.80. The molecule has 1 N–H and O–H groups in total. The Bertz CT molecular complexity index is 311. The van der Waals surface area contributed by atoms with E-state index in [1.54, 1.807) is 0 Å². The zero-order valence-corrected chi connectivity index (χ0v) is 13.0. The summed E-state index contributed by atoms with van der Waals surface area (Å²) in [6.45, 7) is 4.88. The molecule has 2 rings (SSSR count). The van der Waals surface area contributed by atoms with Gasteiger partial charge in [-0.3, -0.25) is 10.1 Å². The number of ether oxygens (including phenoxy) is 2. The minimum atomic E-state index is -0.591. The third-order valence-corrected chi connectivity index (χ3v) is 4.33. The van der Waals surface area contributed by atoms with Crippen LogP contribution in [0.4, 0.5) is 0 Å². The summed E-state index contributed by atoms with van der Waals surface area (Å²) in [6, 6.07) is 0.485. The predicted octanol–water partition coefficient (Wildman–Crippen LogP) is 2.80. The maximum absolute atomic E-state index is 12.2. The molecule has 0 spiro atoms. The molecule has 0 amide bonds. The number of rotatable bonds is 8. The van der Waals surface area contributed by atoms with Crippen molar-refractivity contribution in [3.05, 3.63) is 0 Å². The monoisotopic (exact) mass is 283 g/mol. The van der Waals surface area contributed by atoms with Crippen LogP contribution in [-0.2, 0) is 14.3 Å². The second-order valence-electron chi connectivity index (χ2n) is 6.35. The standard InChI is InChI=1S/C16H29NO3/c1-3-19-15(18)16(2,17-13-9-10-13)11-12-20-14-7-5-4-6-8-14/h13-14,17H,3-12H2,1-2H3. The first-order valence-electron chi connectivity index (χ1n) is 8.20. The van der Waals surface area contributed by atoms with Crippen molar-refractivity contribution in [3.63, 3.8) is 0 Å². The molecule has 0 heterocycles. The van der Waals surface area contributed by atoms with Gasteiger partial charge in [0, 0.05) is 12.6 Å². The highest BCUT2D eigenvalue weighted by Crippen LogP contribution is 2.26. The van der Waals surface area contributed by atoms with E-state index in [0.717, 1.165) is 0 Å². The molecule has 4 nitrogen and oxygen atoms in total. The van der Waals surface area contributed by atoms with Crippen molar-refractivity contribution in [1.29, 1.82) is 0 Å². The lowest BCUT2D eigenvalue weighted by molar-refractivity contribution is -0.151. The second-order valence-corrected chi connectivity index (χ2v) is 6.35. The van der Waals surface area contributed by atoms with Gasteiger partial charge in [0.1, 0.15) is 5.54 Å². The molecular weight excluding hydrogens is 254 g/mol. The maximum atomic E-state index is 12.2. The van der Waals surface area contributed by atoms with Gasteiger partial charge in [0.2, 0.25) is 0 Å². The summed E-state index contributed by atoms with van der Waals surface area (Å²) in [4.78, 5) is 12.2. The zero-order chi connectivity index (χ0) is 14.4. The molecule has 2 aliphatic carbocycles. The summed E-state index contributed by atoms with van der Waals surface area (Å²) in [5, 5.41) is 3.44. The SMILES string of the molecule is CCOC(=O)C(C)(CCOC1CCCCC1)NC1CC1. The fraction of sp³-hybridized carbons (Fsp3) is 0.938. The Morgan fingerprint density at radius 1 is 1.20 bits per heavy atom. The van der Waals surface area contributed by atoms with Gasteiger partial charge in [-0.1, -0.05) is 19.3 Å². The number of esters is 1. The van der Waals surface area contributed by atoms with Crippen LogP contribution in [0.25, 0.3) is 0 Å². The zero-order valence-electron chi connectivity index (χ0n) is 13.0. The van der Waals surface area contributed by atoms with Crippen molar-refractivity contribution in [3.8, 4) is 0 Å². The Kier molecular flexibility index (Phi) is 5.85. The minimum absolute atomic E-state index is 0.140. The molecule has 0 bridgehead atoms. The quantitative estimate of drug-likeness (QED) is 0.696. The van der Waals surface area contributed by atoms with Gasteiger partial charge >= 0.3 is 5.97 Å². The molecule has 0 radical (unpaired) electrons. The van der Waals surface area contributed by atoms with Crippen LogP contribution >= 0.6 is 0 Å². The third kappa shape index (κ3) is 4.74. The molecule has 1 atom stereocenters. The second kappa shape index (κ2) is 7.41. The Balaban J connectivity index is 1.78. The van der Waals surface area contributed by atoms with Crippen molar-refractivity contribution in [2.24, 2.45) is 0 Å². The fourth-order valence-corrected chi connectivity index (χ4v) is 2.86. The van der Waals surface area contributed by atoms with Crippen LogP contribution in [0.1, 0.15) is 65.2 Å². The van der Waals surface area contributed by atoms with E-state index in [-0.39, 0.29) is 5.97 Å². The van der Waals surface area contributed by atoms with Crippen LogP contribution in [-0.4, -0.2) is 36.9 Å². The van der Waals surface area contributed by atoms with Gasteiger partial charge in [-0.25, -0.2) is 0 Å². The molecule has 1 unspecified atom stereocenters. The van der Waals surface area contributed by atoms with E-state index < -0.39 is 5.54 Å². The van der Waals surface area contributed by atoms with Crippen LogP contribution in [0.2, 0.25) is 0 Å². The van der Waals surface area contributed by atoms with Crippen LogP contribution < -0.4 is 5.32 Å². The molecule has 20 heavy (non-hydrogen) atoms. The van der Waals surface area contributed by atoms with Crippen molar-refractivity contribution >= 4 is 5.97 Å². The van der Waals surface area contributed by atoms with Gasteiger partial charge in [-0.05, 0) is 46.0 Å². The van der Waals surface area contributed by atoms with E-state index in [0.29, 0.717) is 31.8 Å². The summed E-state index contributed by atoms with van der Waals surface area (Å²) in [7, 11) is 0. The molecule has 2 aliphatic rings. The largest absolute Gasteiger partial charge is 0.465 e. The number of carbonyl (C=O) groups excluding carboxylic acids is 1. The van der Waals surface area contributed by atoms with Crippen molar-refractivity contribution < 1.29 is 14.3 Å². The van der Waals surface area contributed by atoms with Crippen molar-refractivity contribution in [1.82, 2.24) is 5.32 Å². The van der Waals surface area contributed by atoms with Gasteiger partial charge < -0.3 is 9.47 Å². The molecule has 116 valence electrons. The number of hydrogen-bond acceptors (Lipinski definition) is 4. The van der Waals surface area contributed by atoms with Crippen LogP contribution in [0.5, 0.6) is 0 Å². The van der Waals surface area contributed by atoms with E-state index in [2.05, 4.69) is 5.32 Å². The van der Waals surface area contributed by atoms with Crippen molar-refractivity contribution in [2.45, 2.75) is 82.9 Å². The van der Waals surface area contributed by atoms with E-state index in [1.807, 2.05) is 13.8 Å². The summed E-state index contributed by atoms with van der Waals surface area (Å²) in [5.41, 5.74) is -0.591. The first-order chi connectivity index (χ1) is 9.64. The molecule has 0 aliphatic heterocycles. The molecular formula is C16H29NO3. The first kappa shape index (κ1) is 15.8. The molecule has 0 saturated heterocycles. The summed E-state index contributed by atoms with van der Waals surface area (Å²) in [5.74, 6) is -0.140. The molecule has 2 fully saturated rings. The highest BCUT2D eigenvalue weighted by atomic mass is 16.5. The Morgan fingerprint density at radius 3 is 2.50 bits per heavy atom. The molecule has 2 saturated carbocycles. The Morgan fingerprint density at radius 2 is 1.90 bits per heavy atom. The minimum Gasteiger partial charge on any atom is -0.465 e. The van der Waals surface area contributed by atoms with Crippen LogP contribution in [0.15, 0.2) is 0 Å². The van der Waals surface area contributed by atoms with Gasteiger partial charge in [-0.15, -0.1) is 0 Å². The lowest BCUT2D eigenvalue weighted by atomic mass is 9.96. The normalized spacial score (nSPS) is 23.3. The third-order valence-electron chi connectivity index (χ3n) is 4.33. The lowest BCUT2D eigenvalue weighted by Gasteiger charge is -2.30. The average Bonchev–Trinajstić information content (AvgIpc) is 3.24. The summed E-state index contributed by atoms with van der Waals surface area (Å²) in [6.07, 6.45) is 9.66. The highest BCUT2D eigenvalue weighted by Gasteiger charge is 2.39. The fourth-order valence-electron chi connectivity index (χ4n) is 2.86. The average molecular weight is 283 g/mol. The van der Waals surface area contributed by atoms with Gasteiger partial charge in [-0.2, -0.15) is 0 Å². The Hall–Kier alpha value is -0.610. The summed E-state index contributed by atoms with van der Waals surface area (Å²) < 4.78 is 11.2. The van der Waals surface area contributed by atoms with Gasteiger partial charge in [0.15, 0.2) is 0 Å². The molecule has 0 aromatic heterocycles. The van der Waals surface area contributed by atoms with Gasteiger partial charge in [0.05, 0.1) is 12.7 Å². The van der Waals surface area contributed by atoms with E-state index >= 15 is 0 Å². The van der Waals surface area contributed by atoms with E-state index in [4.69, 9.17) is 9.47 Å². The van der Waals surface area contributed by atoms with Crippen molar-refractivity contribution in [2.75, 3.05) is 13.2 Å². The topological polar surface area (TPSA) is 47.6 Å². The van der Waals surface area contributed by atoms with Gasteiger partial charge in [0.25, 0.3) is 0 Å². The first-order valence-corrected chi connectivity index (χ1v) is 8.20. The molecule has 0 aromatic carbocycles. The predicted molar refractivity (Wildman–Crippen MR) is 78.6 cm³/mol. The number of nitrogens with one attached hydrogen (secondary N) is 1. The van der Waals surface area contributed by atoms with E-state index in [9.17, 15) is 4.79 Å². The maximum Gasteiger partial charge on any atom is 0.326 e. The Labute approximate surface area is 122 Å². The lowest BCUT2D eigenvalue weighted by Crippen LogP contribution is -2.52. The van der Waals surface area contributed by atoms with Crippen LogP contribution in [0.3, 0.4) is 0 Å².